The smallest absolute Gasteiger partial charge is 0.263 e. The Hall–Kier alpha value is -1.69. The van der Waals surface area contributed by atoms with Crippen LogP contribution in [-0.2, 0) is 0 Å². The van der Waals surface area contributed by atoms with Gasteiger partial charge in [0.05, 0.1) is 17.7 Å². The van der Waals surface area contributed by atoms with E-state index in [-0.39, 0.29) is 11.9 Å². The number of carbonyl (C=O) groups excluding carboxylic acids is 1. The first-order valence-corrected chi connectivity index (χ1v) is 5.88. The molecule has 2 heterocycles. The second-order valence-electron chi connectivity index (χ2n) is 3.27. The third-order valence-corrected chi connectivity index (χ3v) is 2.99. The fourth-order valence-corrected chi connectivity index (χ4v) is 1.91. The molecule has 6 heteroatoms. The number of hydrogen-bond donors (Lipinski definition) is 2. The zero-order chi connectivity index (χ0) is 11.4. The van der Waals surface area contributed by atoms with Gasteiger partial charge in [-0.3, -0.25) is 9.78 Å². The molecule has 0 spiro atoms. The second-order valence-corrected chi connectivity index (χ2v) is 4.16. The summed E-state index contributed by atoms with van der Waals surface area (Å²) in [4.78, 5) is 23.4. The van der Waals surface area contributed by atoms with Crippen molar-refractivity contribution in [3.8, 4) is 0 Å². The lowest BCUT2D eigenvalue weighted by Gasteiger charge is -2.13. The minimum absolute atomic E-state index is 0.0791. The van der Waals surface area contributed by atoms with Crippen LogP contribution in [-0.4, -0.2) is 20.9 Å². The molecule has 0 aromatic carbocycles. The number of imidazole rings is 1. The number of nitrogens with zero attached hydrogens (tertiary/aromatic N) is 2. The fourth-order valence-electron chi connectivity index (χ4n) is 1.39. The highest BCUT2D eigenvalue weighted by Gasteiger charge is 2.16. The van der Waals surface area contributed by atoms with E-state index in [0.29, 0.717) is 4.88 Å². The van der Waals surface area contributed by atoms with Crippen LogP contribution in [0.1, 0.15) is 34.9 Å². The molecule has 84 valence electrons. The van der Waals surface area contributed by atoms with E-state index in [1.165, 1.54) is 11.3 Å². The molecule has 5 nitrogen and oxygen atoms in total. The molecule has 0 aliphatic rings. The van der Waals surface area contributed by atoms with E-state index in [9.17, 15) is 4.79 Å². The predicted octanol–water partition coefficient (Wildman–Crippen LogP) is 1.75. The summed E-state index contributed by atoms with van der Waals surface area (Å²) in [5, 5.41) is 2.91. The van der Waals surface area contributed by atoms with Crippen LogP contribution >= 0.6 is 11.3 Å². The number of aromatic amines is 1. The molecule has 0 radical (unpaired) electrons. The van der Waals surface area contributed by atoms with Gasteiger partial charge in [0.2, 0.25) is 0 Å². The number of thiazole rings is 1. The SMILES string of the molecule is CCC(NC(=O)c1cncs1)c1ncc[nH]1. The highest BCUT2D eigenvalue weighted by atomic mass is 32.1. The molecule has 2 aromatic heterocycles. The number of carbonyl (C=O) groups is 1. The summed E-state index contributed by atoms with van der Waals surface area (Å²) in [5.41, 5.74) is 1.64. The molecule has 0 fully saturated rings. The molecule has 1 atom stereocenters. The minimum atomic E-state index is -0.106. The zero-order valence-electron chi connectivity index (χ0n) is 8.80. The first-order valence-electron chi connectivity index (χ1n) is 5.00. The van der Waals surface area contributed by atoms with Crippen molar-refractivity contribution >= 4 is 17.2 Å². The summed E-state index contributed by atoms with van der Waals surface area (Å²) in [7, 11) is 0. The van der Waals surface area contributed by atoms with Crippen LogP contribution in [0.5, 0.6) is 0 Å². The van der Waals surface area contributed by atoms with Crippen LogP contribution in [0.25, 0.3) is 0 Å². The van der Waals surface area contributed by atoms with E-state index < -0.39 is 0 Å². The second kappa shape index (κ2) is 4.89. The molecule has 2 rings (SSSR count). The van der Waals surface area contributed by atoms with Gasteiger partial charge in [-0.15, -0.1) is 11.3 Å². The number of H-pyrrole nitrogens is 1. The van der Waals surface area contributed by atoms with E-state index in [4.69, 9.17) is 0 Å². The van der Waals surface area contributed by atoms with Gasteiger partial charge in [-0.25, -0.2) is 4.98 Å². The number of aromatic nitrogens is 3. The van der Waals surface area contributed by atoms with E-state index in [0.717, 1.165) is 12.2 Å². The molecule has 0 bridgehead atoms. The Kier molecular flexibility index (Phi) is 3.31. The third-order valence-electron chi connectivity index (χ3n) is 2.22. The van der Waals surface area contributed by atoms with E-state index in [1.54, 1.807) is 24.1 Å². The van der Waals surface area contributed by atoms with E-state index in [2.05, 4.69) is 20.3 Å². The molecule has 1 unspecified atom stereocenters. The normalized spacial score (nSPS) is 12.3. The maximum atomic E-state index is 11.8. The van der Waals surface area contributed by atoms with E-state index >= 15 is 0 Å². The molecule has 16 heavy (non-hydrogen) atoms. The largest absolute Gasteiger partial charge is 0.347 e. The van der Waals surface area contributed by atoms with Gasteiger partial charge in [0, 0.05) is 12.4 Å². The van der Waals surface area contributed by atoms with Crippen molar-refractivity contribution in [1.29, 1.82) is 0 Å². The van der Waals surface area contributed by atoms with Gasteiger partial charge in [-0.2, -0.15) is 0 Å². The van der Waals surface area contributed by atoms with Crippen LogP contribution in [0.4, 0.5) is 0 Å². The number of amides is 1. The molecular weight excluding hydrogens is 224 g/mol. The Morgan fingerprint density at radius 1 is 1.69 bits per heavy atom. The molecular formula is C10H12N4OS. The average Bonchev–Trinajstić information content (AvgIpc) is 2.96. The molecule has 0 aliphatic heterocycles. The summed E-state index contributed by atoms with van der Waals surface area (Å²) in [6, 6.07) is -0.0791. The molecule has 2 N–H and O–H groups in total. The molecule has 1 amide bonds. The molecule has 2 aromatic rings. The van der Waals surface area contributed by atoms with Crippen molar-refractivity contribution < 1.29 is 4.79 Å². The Morgan fingerprint density at radius 3 is 3.12 bits per heavy atom. The van der Waals surface area contributed by atoms with Gasteiger partial charge in [0.25, 0.3) is 5.91 Å². The van der Waals surface area contributed by atoms with Gasteiger partial charge in [-0.1, -0.05) is 6.92 Å². The van der Waals surface area contributed by atoms with Crippen molar-refractivity contribution in [2.75, 3.05) is 0 Å². The minimum Gasteiger partial charge on any atom is -0.347 e. The van der Waals surface area contributed by atoms with Gasteiger partial charge in [0.15, 0.2) is 0 Å². The quantitative estimate of drug-likeness (QED) is 0.849. The number of hydrogen-bond acceptors (Lipinski definition) is 4. The Bertz CT molecular complexity index is 437. The van der Waals surface area contributed by atoms with Crippen molar-refractivity contribution in [3.63, 3.8) is 0 Å². The van der Waals surface area contributed by atoms with Crippen molar-refractivity contribution in [2.45, 2.75) is 19.4 Å². The third kappa shape index (κ3) is 2.27. The lowest BCUT2D eigenvalue weighted by Crippen LogP contribution is -2.28. The van der Waals surface area contributed by atoms with Crippen LogP contribution in [0, 0.1) is 0 Å². The first-order chi connectivity index (χ1) is 7.81. The average molecular weight is 236 g/mol. The highest BCUT2D eigenvalue weighted by Crippen LogP contribution is 2.13. The summed E-state index contributed by atoms with van der Waals surface area (Å²) in [6.45, 7) is 2.00. The van der Waals surface area contributed by atoms with Crippen LogP contribution in [0.15, 0.2) is 24.1 Å². The zero-order valence-corrected chi connectivity index (χ0v) is 9.62. The van der Waals surface area contributed by atoms with Gasteiger partial charge in [0.1, 0.15) is 10.7 Å². The van der Waals surface area contributed by atoms with Crippen LogP contribution in [0.3, 0.4) is 0 Å². The Morgan fingerprint density at radius 2 is 2.56 bits per heavy atom. The topological polar surface area (TPSA) is 70.7 Å². The summed E-state index contributed by atoms with van der Waals surface area (Å²) in [5.74, 6) is 0.672. The van der Waals surface area contributed by atoms with Crippen molar-refractivity contribution in [1.82, 2.24) is 20.3 Å². The van der Waals surface area contributed by atoms with Crippen LogP contribution < -0.4 is 5.32 Å². The lowest BCUT2D eigenvalue weighted by molar-refractivity contribution is 0.0938. The van der Waals surface area contributed by atoms with Gasteiger partial charge < -0.3 is 10.3 Å². The van der Waals surface area contributed by atoms with Crippen LogP contribution in [0.2, 0.25) is 0 Å². The van der Waals surface area contributed by atoms with Crippen molar-refractivity contribution in [2.24, 2.45) is 0 Å². The monoisotopic (exact) mass is 236 g/mol. The lowest BCUT2D eigenvalue weighted by atomic mass is 10.2. The molecule has 0 aliphatic carbocycles. The summed E-state index contributed by atoms with van der Waals surface area (Å²) < 4.78 is 0. The summed E-state index contributed by atoms with van der Waals surface area (Å²) in [6.07, 6.45) is 5.78. The van der Waals surface area contributed by atoms with Crippen molar-refractivity contribution in [3.05, 3.63) is 34.8 Å². The molecule has 0 saturated carbocycles. The first kappa shape index (κ1) is 10.8. The summed E-state index contributed by atoms with van der Waals surface area (Å²) >= 11 is 1.33. The maximum absolute atomic E-state index is 11.8. The van der Waals surface area contributed by atoms with Gasteiger partial charge >= 0.3 is 0 Å². The molecule has 0 saturated heterocycles. The maximum Gasteiger partial charge on any atom is 0.263 e. The number of nitrogens with one attached hydrogen (secondary N) is 2. The van der Waals surface area contributed by atoms with E-state index in [1.807, 2.05) is 6.92 Å². The fraction of sp³-hybridized carbons (Fsp3) is 0.300. The Labute approximate surface area is 96.9 Å². The van der Waals surface area contributed by atoms with Gasteiger partial charge in [-0.05, 0) is 6.42 Å². The Balaban J connectivity index is 2.05. The predicted molar refractivity (Wildman–Crippen MR) is 61.2 cm³/mol. The highest BCUT2D eigenvalue weighted by molar-refractivity contribution is 7.11. The number of rotatable bonds is 4. The standard InChI is InChI=1S/C10H12N4OS/c1-2-7(9-12-3-4-13-9)14-10(15)8-5-11-6-16-8/h3-7H,2H2,1H3,(H,12,13)(H,14,15).